The molecule has 0 nitrogen and oxygen atoms in total. The van der Waals surface area contributed by atoms with Crippen molar-refractivity contribution in [3.63, 3.8) is 0 Å². The van der Waals surface area contributed by atoms with Gasteiger partial charge in [-0.15, -0.1) is 0 Å². The van der Waals surface area contributed by atoms with Crippen LogP contribution in [0.3, 0.4) is 0 Å². The first-order valence-electron chi connectivity index (χ1n) is 11.3. The van der Waals surface area contributed by atoms with E-state index in [-0.39, 0.29) is 5.16 Å². The zero-order valence-electron chi connectivity index (χ0n) is 19.2. The van der Waals surface area contributed by atoms with Crippen LogP contribution < -0.4 is 0 Å². The number of rotatable bonds is 9. The van der Waals surface area contributed by atoms with Gasteiger partial charge in [0.05, 0.1) is 0 Å². The van der Waals surface area contributed by atoms with Crippen molar-refractivity contribution in [3.8, 4) is 0 Å². The summed E-state index contributed by atoms with van der Waals surface area (Å²) < 4.78 is 59.2. The number of benzene rings is 3. The summed E-state index contributed by atoms with van der Waals surface area (Å²) in [6.45, 7) is 2.29. The Bertz CT molecular complexity index is 941. The van der Waals surface area contributed by atoms with Crippen molar-refractivity contribution < 1.29 is 25.2 Å². The summed E-state index contributed by atoms with van der Waals surface area (Å²) in [4.78, 5) is 0. The maximum absolute atomic E-state index is 10.7. The quantitative estimate of drug-likeness (QED) is 0.150. The van der Waals surface area contributed by atoms with E-state index in [1.807, 2.05) is 0 Å². The molecule has 3 aromatic carbocycles. The Morgan fingerprint density at radius 2 is 1.03 bits per heavy atom. The van der Waals surface area contributed by atoms with E-state index in [9.17, 15) is 25.2 Å². The molecule has 3 rings (SSSR count). The standard InChI is InChI=1S/C26H31P.F6P/c1-2-3-4-14-21-25(22-15-8-5-9-16-22)26(27,23-17-10-6-11-18-23)24-19-12-7-13-20-24;1-7(2,3,4,5)6/h5-13,15-20,25H,2-4,14,21,27H2,1H3;/q;-1/p+1. The first-order chi connectivity index (χ1) is 15.7. The van der Waals surface area contributed by atoms with E-state index in [1.54, 1.807) is 0 Å². The topological polar surface area (TPSA) is 0 Å². The molecule has 3 aromatic rings. The summed E-state index contributed by atoms with van der Waals surface area (Å²) >= 11 is 0. The van der Waals surface area contributed by atoms with E-state index < -0.39 is 7.81 Å². The first kappa shape index (κ1) is 28.3. The summed E-state index contributed by atoms with van der Waals surface area (Å²) in [6, 6.07) is 33.3. The molecule has 0 bridgehead atoms. The van der Waals surface area contributed by atoms with Crippen LogP contribution in [0.4, 0.5) is 25.2 Å². The summed E-state index contributed by atoms with van der Waals surface area (Å²) in [5.41, 5.74) is 4.29. The Kier molecular flexibility index (Phi) is 8.99. The van der Waals surface area contributed by atoms with Crippen molar-refractivity contribution in [2.24, 2.45) is 0 Å². The third-order valence-corrected chi connectivity index (χ3v) is 7.03. The van der Waals surface area contributed by atoms with Gasteiger partial charge in [-0.05, 0) is 32.4 Å². The predicted molar refractivity (Wildman–Crippen MR) is 136 cm³/mol. The van der Waals surface area contributed by atoms with Crippen molar-refractivity contribution in [2.45, 2.75) is 50.1 Å². The van der Waals surface area contributed by atoms with Gasteiger partial charge in [-0.2, -0.15) is 0 Å². The number of hydrogen-bond donors (Lipinski definition) is 0. The molecule has 0 saturated carbocycles. The van der Waals surface area contributed by atoms with Gasteiger partial charge < -0.3 is 0 Å². The fraction of sp³-hybridized carbons (Fsp3) is 0.308. The van der Waals surface area contributed by atoms with Crippen molar-refractivity contribution >= 4 is 17.0 Å². The number of halogens is 6. The second-order valence-electron chi connectivity index (χ2n) is 8.47. The summed E-state index contributed by atoms with van der Waals surface area (Å²) in [5, 5.41) is -0.0178. The van der Waals surface area contributed by atoms with Gasteiger partial charge in [0.15, 0.2) is 0 Å². The Morgan fingerprint density at radius 1 is 0.647 bits per heavy atom. The van der Waals surface area contributed by atoms with Crippen LogP contribution in [-0.2, 0) is 5.16 Å². The van der Waals surface area contributed by atoms with Crippen LogP contribution in [0.2, 0.25) is 0 Å². The summed E-state index contributed by atoms with van der Waals surface area (Å²) in [5.74, 6) is 0.471. The van der Waals surface area contributed by atoms with E-state index in [2.05, 4.69) is 107 Å². The number of hydrogen-bond acceptors (Lipinski definition) is 0. The van der Waals surface area contributed by atoms with Crippen LogP contribution in [0.25, 0.3) is 0 Å². The molecule has 2 unspecified atom stereocenters. The van der Waals surface area contributed by atoms with E-state index in [4.69, 9.17) is 0 Å². The molecule has 188 valence electrons. The zero-order valence-corrected chi connectivity index (χ0v) is 21.5. The van der Waals surface area contributed by atoms with E-state index in [0.717, 1.165) is 0 Å². The third-order valence-electron chi connectivity index (χ3n) is 5.72. The molecule has 0 amide bonds. The van der Waals surface area contributed by atoms with Crippen molar-refractivity contribution in [1.29, 1.82) is 0 Å². The van der Waals surface area contributed by atoms with Crippen LogP contribution in [0.5, 0.6) is 0 Å². The first-order valence-corrected chi connectivity index (χ1v) is 14.0. The van der Waals surface area contributed by atoms with E-state index in [1.165, 1.54) is 48.8 Å². The summed E-state index contributed by atoms with van der Waals surface area (Å²) in [6.07, 6.45) is 6.44. The van der Waals surface area contributed by atoms with E-state index in [0.29, 0.717) is 5.92 Å². The van der Waals surface area contributed by atoms with Gasteiger partial charge >= 0.3 is 33.0 Å². The molecule has 0 aromatic heterocycles. The Balaban J connectivity index is 0.000000509. The monoisotopic (exact) mass is 520 g/mol. The molecular weight excluding hydrogens is 488 g/mol. The van der Waals surface area contributed by atoms with Gasteiger partial charge in [0, 0.05) is 5.92 Å². The molecule has 0 N–H and O–H groups in total. The molecule has 0 heterocycles. The second kappa shape index (κ2) is 10.8. The molecule has 0 radical (unpaired) electrons. The van der Waals surface area contributed by atoms with E-state index >= 15 is 0 Å². The molecule has 0 fully saturated rings. The molecule has 0 aliphatic carbocycles. The Labute approximate surface area is 200 Å². The molecular formula is C26H32F6P2. The SMILES string of the molecule is CCCCCCC(c1ccccc1)C([PH3+])(c1ccccc1)c1ccccc1.F[P-](F)(F)(F)(F)F. The zero-order chi connectivity index (χ0) is 25.4. The molecule has 0 saturated heterocycles. The summed E-state index contributed by atoms with van der Waals surface area (Å²) in [7, 11) is -8.49. The van der Waals surface area contributed by atoms with Crippen molar-refractivity contribution in [1.82, 2.24) is 0 Å². The molecule has 0 aliphatic rings. The molecule has 34 heavy (non-hydrogen) atoms. The minimum atomic E-state index is -10.7. The molecule has 8 heteroatoms. The Hall–Kier alpha value is -1.90. The normalized spacial score (nSPS) is 14.9. The van der Waals surface area contributed by atoms with Crippen LogP contribution in [0.1, 0.15) is 61.6 Å². The Morgan fingerprint density at radius 3 is 1.41 bits per heavy atom. The van der Waals surface area contributed by atoms with Crippen molar-refractivity contribution in [3.05, 3.63) is 108 Å². The van der Waals surface area contributed by atoms with Gasteiger partial charge in [0.2, 0.25) is 0 Å². The fourth-order valence-electron chi connectivity index (χ4n) is 4.20. The predicted octanol–water partition coefficient (Wildman–Crippen LogP) is 10.7. The third kappa shape index (κ3) is 10.2. The molecule has 2 atom stereocenters. The number of unbranched alkanes of at least 4 members (excludes halogenated alkanes) is 3. The maximum atomic E-state index is 9.87. The van der Waals surface area contributed by atoms with Gasteiger partial charge in [-0.1, -0.05) is 124 Å². The van der Waals surface area contributed by atoms with Crippen LogP contribution in [0, 0.1) is 0 Å². The average molecular weight is 520 g/mol. The second-order valence-corrected chi connectivity index (χ2v) is 11.5. The van der Waals surface area contributed by atoms with Crippen LogP contribution in [-0.4, -0.2) is 0 Å². The fourth-order valence-corrected chi connectivity index (χ4v) is 5.11. The van der Waals surface area contributed by atoms with Gasteiger partial charge in [-0.25, -0.2) is 0 Å². The average Bonchev–Trinajstić information content (AvgIpc) is 2.78. The van der Waals surface area contributed by atoms with Gasteiger partial charge in [-0.3, -0.25) is 0 Å². The van der Waals surface area contributed by atoms with Crippen LogP contribution in [0.15, 0.2) is 91.0 Å². The van der Waals surface area contributed by atoms with Gasteiger partial charge in [0.25, 0.3) is 0 Å². The molecule has 0 aliphatic heterocycles. The minimum absolute atomic E-state index is 0.0178. The van der Waals surface area contributed by atoms with Gasteiger partial charge in [0.1, 0.15) is 5.16 Å². The molecule has 0 spiro atoms. The van der Waals surface area contributed by atoms with Crippen molar-refractivity contribution in [2.75, 3.05) is 0 Å². The van der Waals surface area contributed by atoms with Crippen LogP contribution >= 0.6 is 17.0 Å².